The highest BCUT2D eigenvalue weighted by atomic mass is 32.2. The third kappa shape index (κ3) is 5.78. The van der Waals surface area contributed by atoms with Gasteiger partial charge in [-0.3, -0.25) is 4.79 Å². The number of carbonyl (C=O) groups excluding carboxylic acids is 1. The SMILES string of the molecule is N#CC1(CC(=O)[C@@H]2CCCC[C@H]2c2nn(-c3cc(F)cc(F)c3)cc2-c2ccc(N3CCS(=O)(=O)CC3)cc2)CC1. The second-order valence-corrected chi connectivity index (χ2v) is 14.0. The molecule has 2 saturated carbocycles. The summed E-state index contributed by atoms with van der Waals surface area (Å²) in [5.41, 5.74) is 3.00. The average molecular weight is 579 g/mol. The van der Waals surface area contributed by atoms with Crippen LogP contribution in [0.3, 0.4) is 0 Å². The Morgan fingerprint density at radius 2 is 1.66 bits per heavy atom. The van der Waals surface area contributed by atoms with Gasteiger partial charge in [0, 0.05) is 54.9 Å². The first-order chi connectivity index (χ1) is 19.7. The minimum Gasteiger partial charge on any atom is -0.369 e. The van der Waals surface area contributed by atoms with Crippen molar-refractivity contribution in [3.8, 4) is 22.9 Å². The number of halogens is 2. The Morgan fingerprint density at radius 1 is 1.00 bits per heavy atom. The van der Waals surface area contributed by atoms with Crippen molar-refractivity contribution in [1.82, 2.24) is 9.78 Å². The van der Waals surface area contributed by atoms with Crippen LogP contribution in [-0.2, 0) is 14.6 Å². The number of ketones is 1. The first-order valence-electron chi connectivity index (χ1n) is 14.2. The lowest BCUT2D eigenvalue weighted by molar-refractivity contribution is -0.125. The van der Waals surface area contributed by atoms with E-state index in [1.54, 1.807) is 6.20 Å². The fourth-order valence-corrected chi connectivity index (χ4v) is 7.50. The Labute approximate surface area is 238 Å². The Bertz CT molecular complexity index is 1590. The number of benzene rings is 2. The van der Waals surface area contributed by atoms with Gasteiger partial charge >= 0.3 is 0 Å². The van der Waals surface area contributed by atoms with Crippen LogP contribution in [0.5, 0.6) is 0 Å². The molecule has 0 radical (unpaired) electrons. The standard InChI is InChI=1S/C31H32F2N4O3S/c32-22-15-23(33)17-25(16-22)37-19-28(21-5-7-24(8-6-21)36-11-13-41(39,40)14-12-36)30(35-37)27-4-2-1-3-26(27)29(38)18-31(20-34)9-10-31/h5-8,15-17,19,26-27H,1-4,9-14,18H2/t26-,27-/m1/s1. The summed E-state index contributed by atoms with van der Waals surface area (Å²) in [7, 11) is -3.00. The van der Waals surface area contributed by atoms with Crippen molar-refractivity contribution in [2.75, 3.05) is 29.5 Å². The Hall–Kier alpha value is -3.58. The summed E-state index contributed by atoms with van der Waals surface area (Å²) in [6.45, 7) is 0.873. The quantitative estimate of drug-likeness (QED) is 0.363. The maximum Gasteiger partial charge on any atom is 0.153 e. The maximum atomic E-state index is 14.1. The van der Waals surface area contributed by atoms with E-state index in [9.17, 15) is 27.3 Å². The number of hydrogen-bond acceptors (Lipinski definition) is 6. The molecule has 1 aromatic heterocycles. The highest BCUT2D eigenvalue weighted by Gasteiger charge is 2.47. The van der Waals surface area contributed by atoms with Gasteiger partial charge in [-0.25, -0.2) is 21.9 Å². The predicted molar refractivity (Wildman–Crippen MR) is 151 cm³/mol. The van der Waals surface area contributed by atoms with Crippen molar-refractivity contribution in [3.63, 3.8) is 0 Å². The van der Waals surface area contributed by atoms with Crippen molar-refractivity contribution in [3.05, 3.63) is 66.0 Å². The van der Waals surface area contributed by atoms with Gasteiger partial charge < -0.3 is 4.90 Å². The number of nitriles is 1. The minimum absolute atomic E-state index is 0.0986. The van der Waals surface area contributed by atoms with Crippen LogP contribution in [0.2, 0.25) is 0 Å². The van der Waals surface area contributed by atoms with E-state index in [0.717, 1.165) is 61.4 Å². The van der Waals surface area contributed by atoms with Crippen LogP contribution in [0.15, 0.2) is 48.7 Å². The molecule has 2 heterocycles. The van der Waals surface area contributed by atoms with E-state index in [0.29, 0.717) is 18.8 Å². The van der Waals surface area contributed by atoms with Crippen LogP contribution < -0.4 is 4.90 Å². The van der Waals surface area contributed by atoms with Crippen LogP contribution in [0, 0.1) is 34.3 Å². The summed E-state index contributed by atoms with van der Waals surface area (Å²) < 4.78 is 53.5. The van der Waals surface area contributed by atoms with Crippen molar-refractivity contribution in [2.24, 2.45) is 11.3 Å². The molecule has 3 aliphatic rings. The lowest BCUT2D eigenvalue weighted by Gasteiger charge is -2.31. The molecular weight excluding hydrogens is 546 g/mol. The number of carbonyl (C=O) groups is 1. The number of aromatic nitrogens is 2. The summed E-state index contributed by atoms with van der Waals surface area (Å²) >= 11 is 0. The molecule has 2 aromatic carbocycles. The summed E-state index contributed by atoms with van der Waals surface area (Å²) in [6.07, 6.45) is 6.89. The van der Waals surface area contributed by atoms with E-state index in [-0.39, 0.29) is 41.2 Å². The monoisotopic (exact) mass is 578 g/mol. The molecule has 0 bridgehead atoms. The third-order valence-electron chi connectivity index (χ3n) is 8.88. The molecular formula is C31H32F2N4O3S. The molecule has 0 amide bonds. The number of hydrogen-bond donors (Lipinski definition) is 0. The molecule has 1 saturated heterocycles. The average Bonchev–Trinajstić information content (AvgIpc) is 3.59. The largest absolute Gasteiger partial charge is 0.369 e. The molecule has 0 unspecified atom stereocenters. The summed E-state index contributed by atoms with van der Waals surface area (Å²) in [5.74, 6) is -1.50. The molecule has 7 nitrogen and oxygen atoms in total. The molecule has 0 N–H and O–H groups in total. The topological polar surface area (TPSA) is 96.1 Å². The van der Waals surface area contributed by atoms with Gasteiger partial charge in [-0.2, -0.15) is 10.4 Å². The Balaban J connectivity index is 1.37. The molecule has 6 rings (SSSR count). The van der Waals surface area contributed by atoms with Gasteiger partial charge in [0.25, 0.3) is 0 Å². The van der Waals surface area contributed by atoms with Crippen molar-refractivity contribution < 1.29 is 22.0 Å². The van der Waals surface area contributed by atoms with E-state index in [1.165, 1.54) is 16.8 Å². The summed E-state index contributed by atoms with van der Waals surface area (Å²) in [6, 6.07) is 13.4. The maximum absolute atomic E-state index is 14.1. The predicted octanol–water partition coefficient (Wildman–Crippen LogP) is 5.59. The lowest BCUT2D eigenvalue weighted by Crippen LogP contribution is -2.40. The number of anilines is 1. The number of sulfone groups is 1. The molecule has 1 aliphatic heterocycles. The Morgan fingerprint density at radius 3 is 2.29 bits per heavy atom. The summed E-state index contributed by atoms with van der Waals surface area (Å²) in [5, 5.41) is 14.4. The van der Waals surface area contributed by atoms with Gasteiger partial charge in [-0.15, -0.1) is 0 Å². The number of rotatable bonds is 7. The smallest absolute Gasteiger partial charge is 0.153 e. The number of nitrogens with zero attached hydrogens (tertiary/aromatic N) is 4. The van der Waals surface area contributed by atoms with E-state index >= 15 is 0 Å². The molecule has 214 valence electrons. The van der Waals surface area contributed by atoms with Gasteiger partial charge in [0.15, 0.2) is 9.84 Å². The second-order valence-electron chi connectivity index (χ2n) is 11.7. The van der Waals surface area contributed by atoms with E-state index in [4.69, 9.17) is 5.10 Å². The summed E-state index contributed by atoms with van der Waals surface area (Å²) in [4.78, 5) is 15.6. The zero-order valence-electron chi connectivity index (χ0n) is 22.7. The van der Waals surface area contributed by atoms with E-state index in [2.05, 4.69) is 6.07 Å². The zero-order valence-corrected chi connectivity index (χ0v) is 23.5. The molecule has 2 atom stereocenters. The highest BCUT2D eigenvalue weighted by molar-refractivity contribution is 7.91. The van der Waals surface area contributed by atoms with Crippen LogP contribution in [0.4, 0.5) is 14.5 Å². The minimum atomic E-state index is -3.00. The fraction of sp³-hybridized carbons (Fsp3) is 0.452. The molecule has 2 aliphatic carbocycles. The normalized spacial score (nSPS) is 23.1. The van der Waals surface area contributed by atoms with E-state index < -0.39 is 26.9 Å². The molecule has 0 spiro atoms. The first kappa shape index (κ1) is 27.6. The van der Waals surface area contributed by atoms with Crippen LogP contribution in [-0.4, -0.2) is 48.6 Å². The first-order valence-corrected chi connectivity index (χ1v) is 16.0. The van der Waals surface area contributed by atoms with Gasteiger partial charge in [0.05, 0.1) is 34.4 Å². The Kier molecular flexibility index (Phi) is 7.18. The number of Topliss-reactive ketones (excluding diaryl/α,β-unsaturated/α-hetero) is 1. The molecule has 3 aromatic rings. The van der Waals surface area contributed by atoms with Crippen LogP contribution >= 0.6 is 0 Å². The van der Waals surface area contributed by atoms with Gasteiger partial charge in [-0.1, -0.05) is 25.0 Å². The molecule has 10 heteroatoms. The second kappa shape index (κ2) is 10.7. The van der Waals surface area contributed by atoms with Crippen LogP contribution in [0.25, 0.3) is 16.8 Å². The van der Waals surface area contributed by atoms with Gasteiger partial charge in [0.2, 0.25) is 0 Å². The third-order valence-corrected chi connectivity index (χ3v) is 10.5. The van der Waals surface area contributed by atoms with Gasteiger partial charge in [0.1, 0.15) is 17.4 Å². The van der Waals surface area contributed by atoms with Crippen LogP contribution in [0.1, 0.15) is 56.6 Å². The van der Waals surface area contributed by atoms with Crippen molar-refractivity contribution in [1.29, 1.82) is 5.26 Å². The molecule has 41 heavy (non-hydrogen) atoms. The fourth-order valence-electron chi connectivity index (χ4n) is 6.30. The lowest BCUT2D eigenvalue weighted by atomic mass is 9.72. The van der Waals surface area contributed by atoms with Gasteiger partial charge in [-0.05, 0) is 55.5 Å². The van der Waals surface area contributed by atoms with Crippen molar-refractivity contribution >= 4 is 21.3 Å². The zero-order chi connectivity index (χ0) is 28.8. The van der Waals surface area contributed by atoms with Crippen molar-refractivity contribution in [2.45, 2.75) is 50.9 Å². The van der Waals surface area contributed by atoms with E-state index in [1.807, 2.05) is 29.2 Å². The highest BCUT2D eigenvalue weighted by Crippen LogP contribution is 2.51. The molecule has 3 fully saturated rings.